The Balaban J connectivity index is 1.37. The van der Waals surface area contributed by atoms with Gasteiger partial charge in [0.05, 0.1) is 6.20 Å². The zero-order chi connectivity index (χ0) is 23.5. The molecule has 7 heteroatoms. The number of nitrogens with one attached hydrogen (secondary N) is 3. The van der Waals surface area contributed by atoms with E-state index in [9.17, 15) is 4.79 Å². The van der Waals surface area contributed by atoms with Gasteiger partial charge in [0.15, 0.2) is 0 Å². The fraction of sp³-hybridized carbons (Fsp3) is 0.259. The molecule has 1 unspecified atom stereocenters. The van der Waals surface area contributed by atoms with Gasteiger partial charge in [0.25, 0.3) is 5.91 Å². The average molecular weight is 456 g/mol. The van der Waals surface area contributed by atoms with Gasteiger partial charge in [0.1, 0.15) is 0 Å². The van der Waals surface area contributed by atoms with Crippen LogP contribution in [-0.4, -0.2) is 37.7 Å². The lowest BCUT2D eigenvalue weighted by Gasteiger charge is -2.29. The Morgan fingerprint density at radius 3 is 3.00 bits per heavy atom. The Bertz CT molecular complexity index is 1320. The van der Waals surface area contributed by atoms with Gasteiger partial charge in [-0.05, 0) is 66.1 Å². The highest BCUT2D eigenvalue weighted by molar-refractivity contribution is 5.90. The minimum absolute atomic E-state index is 0.330. The number of hydrogen-bond acceptors (Lipinski definition) is 4. The van der Waals surface area contributed by atoms with Crippen LogP contribution in [0.25, 0.3) is 17.0 Å². The molecular weight excluding hydrogens is 426 g/mol. The van der Waals surface area contributed by atoms with Crippen molar-refractivity contribution in [2.45, 2.75) is 38.8 Å². The molecular formula is C27H29N5O2. The molecule has 174 valence electrons. The van der Waals surface area contributed by atoms with Crippen LogP contribution in [0.5, 0.6) is 0 Å². The molecule has 0 fully saturated rings. The number of carbonyl (C=O) groups excluding carboxylic acids is 1. The summed E-state index contributed by atoms with van der Waals surface area (Å²) >= 11 is 0. The summed E-state index contributed by atoms with van der Waals surface area (Å²) in [6.45, 7) is 3.89. The predicted octanol–water partition coefficient (Wildman–Crippen LogP) is 4.45. The Labute approximate surface area is 198 Å². The van der Waals surface area contributed by atoms with E-state index in [4.69, 9.17) is 5.21 Å². The number of benzene rings is 2. The fourth-order valence-electron chi connectivity index (χ4n) is 5.02. The van der Waals surface area contributed by atoms with E-state index < -0.39 is 5.91 Å². The fourth-order valence-corrected chi connectivity index (χ4v) is 5.02. The van der Waals surface area contributed by atoms with E-state index in [0.29, 0.717) is 6.04 Å². The molecule has 0 spiro atoms. The minimum Gasteiger partial charge on any atom is -0.361 e. The van der Waals surface area contributed by atoms with Crippen LogP contribution in [0.4, 0.5) is 0 Å². The van der Waals surface area contributed by atoms with Gasteiger partial charge >= 0.3 is 0 Å². The third kappa shape index (κ3) is 4.66. The number of H-pyrrole nitrogens is 2. The molecule has 1 aliphatic rings. The van der Waals surface area contributed by atoms with Gasteiger partial charge in [-0.1, -0.05) is 30.3 Å². The average Bonchev–Trinajstić information content (AvgIpc) is 3.59. The first-order valence-electron chi connectivity index (χ1n) is 11.6. The Hall–Kier alpha value is -3.68. The van der Waals surface area contributed by atoms with Crippen molar-refractivity contribution in [3.05, 3.63) is 94.4 Å². The summed E-state index contributed by atoms with van der Waals surface area (Å²) in [7, 11) is 0. The summed E-state index contributed by atoms with van der Waals surface area (Å²) in [5, 5.41) is 17.1. The second-order valence-electron chi connectivity index (χ2n) is 9.01. The first kappa shape index (κ1) is 22.1. The van der Waals surface area contributed by atoms with Gasteiger partial charge in [-0.15, -0.1) is 0 Å². The van der Waals surface area contributed by atoms with Crippen LogP contribution in [0.1, 0.15) is 45.8 Å². The molecule has 34 heavy (non-hydrogen) atoms. The van der Waals surface area contributed by atoms with E-state index >= 15 is 0 Å². The van der Waals surface area contributed by atoms with Crippen molar-refractivity contribution >= 4 is 22.9 Å². The molecule has 2 aromatic carbocycles. The Morgan fingerprint density at radius 1 is 1.26 bits per heavy atom. The maximum atomic E-state index is 11.3. The molecule has 7 nitrogen and oxygen atoms in total. The van der Waals surface area contributed by atoms with E-state index in [1.54, 1.807) is 11.6 Å². The van der Waals surface area contributed by atoms with Crippen molar-refractivity contribution in [1.29, 1.82) is 0 Å². The number of aromatic nitrogens is 3. The zero-order valence-electron chi connectivity index (χ0n) is 19.2. The van der Waals surface area contributed by atoms with Crippen LogP contribution < -0.4 is 5.48 Å². The van der Waals surface area contributed by atoms with Gasteiger partial charge < -0.3 is 4.98 Å². The summed E-state index contributed by atoms with van der Waals surface area (Å²) in [5.74, 6) is -0.530. The minimum atomic E-state index is -0.530. The monoisotopic (exact) mass is 455 g/mol. The third-order valence-corrected chi connectivity index (χ3v) is 6.72. The van der Waals surface area contributed by atoms with Gasteiger partial charge in [0.2, 0.25) is 0 Å². The smallest absolute Gasteiger partial charge is 0.267 e. The Kier molecular flexibility index (Phi) is 6.29. The normalized spacial score (nSPS) is 15.4. The number of hydroxylamine groups is 1. The van der Waals surface area contributed by atoms with E-state index in [-0.39, 0.29) is 0 Å². The first-order valence-corrected chi connectivity index (χ1v) is 11.6. The summed E-state index contributed by atoms with van der Waals surface area (Å²) in [6, 6.07) is 13.3. The highest BCUT2D eigenvalue weighted by Crippen LogP contribution is 2.37. The standard InChI is InChI=1S/C27H29N5O2/c1-18-2-6-23-22(16-28-25(23)12-18)10-11-32(17-20-14-29-30-15-20)26-8-5-21-13-19(3-7-24(21)26)4-9-27(33)31-34/h2-4,6-7,9,12-16,26,28,34H,5,8,10-11,17H2,1H3,(H,29,30)(H,31,33). The number of fused-ring (bicyclic) bond motifs is 2. The molecule has 0 aliphatic heterocycles. The summed E-state index contributed by atoms with van der Waals surface area (Å²) in [4.78, 5) is 17.3. The van der Waals surface area contributed by atoms with Gasteiger partial charge in [0, 0.05) is 54.1 Å². The van der Waals surface area contributed by atoms with Crippen LogP contribution in [0, 0.1) is 6.92 Å². The van der Waals surface area contributed by atoms with Crippen molar-refractivity contribution in [2.24, 2.45) is 0 Å². The van der Waals surface area contributed by atoms with E-state index in [1.165, 1.54) is 44.8 Å². The van der Waals surface area contributed by atoms with Crippen LogP contribution >= 0.6 is 0 Å². The lowest BCUT2D eigenvalue weighted by atomic mass is 10.0. The van der Waals surface area contributed by atoms with Gasteiger partial charge in [-0.25, -0.2) is 5.48 Å². The highest BCUT2D eigenvalue weighted by Gasteiger charge is 2.28. The molecule has 1 aliphatic carbocycles. The van der Waals surface area contributed by atoms with E-state index in [2.05, 4.69) is 63.5 Å². The molecule has 0 saturated carbocycles. The van der Waals surface area contributed by atoms with Gasteiger partial charge in [-0.3, -0.25) is 20.0 Å². The molecule has 0 bridgehead atoms. The molecule has 4 aromatic rings. The quantitative estimate of drug-likeness (QED) is 0.179. The lowest BCUT2D eigenvalue weighted by molar-refractivity contribution is -0.124. The molecule has 0 saturated heterocycles. The molecule has 2 aromatic heterocycles. The third-order valence-electron chi connectivity index (χ3n) is 6.72. The van der Waals surface area contributed by atoms with E-state index in [1.807, 2.05) is 18.5 Å². The van der Waals surface area contributed by atoms with Crippen molar-refractivity contribution in [2.75, 3.05) is 6.54 Å². The summed E-state index contributed by atoms with van der Waals surface area (Å²) in [5.41, 5.74) is 10.2. The zero-order valence-corrected chi connectivity index (χ0v) is 19.2. The SMILES string of the molecule is Cc1ccc2c(CCN(Cc3cn[nH]c3)C3CCc4cc(C=CC(=O)NO)ccc43)c[nH]c2c1. The molecule has 0 radical (unpaired) electrons. The second-order valence-corrected chi connectivity index (χ2v) is 9.01. The highest BCUT2D eigenvalue weighted by atomic mass is 16.5. The topological polar surface area (TPSA) is 97.0 Å². The van der Waals surface area contributed by atoms with Crippen LogP contribution in [0.3, 0.4) is 0 Å². The summed E-state index contributed by atoms with van der Waals surface area (Å²) in [6.07, 6.45) is 12.1. The number of carbonyl (C=O) groups is 1. The maximum Gasteiger partial charge on any atom is 0.267 e. The molecule has 4 N–H and O–H groups in total. The largest absolute Gasteiger partial charge is 0.361 e. The number of hydrogen-bond donors (Lipinski definition) is 4. The number of aromatic amines is 2. The lowest BCUT2D eigenvalue weighted by Crippen LogP contribution is -2.29. The number of aryl methyl sites for hydroxylation is 2. The first-order chi connectivity index (χ1) is 16.6. The van der Waals surface area contributed by atoms with Crippen LogP contribution in [0.2, 0.25) is 0 Å². The predicted molar refractivity (Wildman–Crippen MR) is 132 cm³/mol. The molecule has 1 amide bonds. The summed E-state index contributed by atoms with van der Waals surface area (Å²) < 4.78 is 0. The number of rotatable bonds is 8. The van der Waals surface area contributed by atoms with Crippen molar-refractivity contribution < 1.29 is 10.0 Å². The number of amides is 1. The molecule has 5 rings (SSSR count). The van der Waals surface area contributed by atoms with Crippen molar-refractivity contribution in [3.63, 3.8) is 0 Å². The second kappa shape index (κ2) is 9.67. The van der Waals surface area contributed by atoms with Crippen LogP contribution in [0.15, 0.2) is 61.1 Å². The maximum absolute atomic E-state index is 11.3. The molecule has 2 heterocycles. The number of nitrogens with zero attached hydrogens (tertiary/aromatic N) is 2. The van der Waals surface area contributed by atoms with Crippen molar-refractivity contribution in [1.82, 2.24) is 25.6 Å². The molecule has 1 atom stereocenters. The van der Waals surface area contributed by atoms with Gasteiger partial charge in [-0.2, -0.15) is 5.10 Å². The van der Waals surface area contributed by atoms with Crippen LogP contribution in [-0.2, 0) is 24.2 Å². The van der Waals surface area contributed by atoms with E-state index in [0.717, 1.165) is 37.9 Å². The van der Waals surface area contributed by atoms with Crippen molar-refractivity contribution in [3.8, 4) is 0 Å². The Morgan fingerprint density at radius 2 is 2.18 bits per heavy atom.